The van der Waals surface area contributed by atoms with E-state index in [1.54, 1.807) is 55.5 Å². The average Bonchev–Trinajstić information content (AvgIpc) is 2.61. The predicted molar refractivity (Wildman–Crippen MR) is 98.3 cm³/mol. The number of alkyl halides is 2. The molecule has 0 radical (unpaired) electrons. The Bertz CT molecular complexity index is 727. The molecule has 0 heterocycles. The zero-order valence-electron chi connectivity index (χ0n) is 14.0. The first-order chi connectivity index (χ1) is 12.5. The fourth-order valence-corrected chi connectivity index (χ4v) is 2.73. The Hall–Kier alpha value is -2.61. The number of hydrogen-bond acceptors (Lipinski definition) is 4. The first-order valence-corrected chi connectivity index (χ1v) is 8.82. The summed E-state index contributed by atoms with van der Waals surface area (Å²) in [5.74, 6) is -3.01. The van der Waals surface area contributed by atoms with Crippen LogP contribution in [0.4, 0.5) is 19.3 Å². The molecule has 5 nitrogen and oxygen atoms in total. The van der Waals surface area contributed by atoms with Crippen LogP contribution in [0.1, 0.15) is 18.5 Å². The minimum absolute atomic E-state index is 0.395. The van der Waals surface area contributed by atoms with E-state index in [4.69, 9.17) is 0 Å². The van der Waals surface area contributed by atoms with Gasteiger partial charge in [-0.25, -0.2) is 4.79 Å². The van der Waals surface area contributed by atoms with Gasteiger partial charge in [0, 0.05) is 17.1 Å². The number of rotatable bonds is 7. The van der Waals surface area contributed by atoms with Crippen LogP contribution in [0.3, 0.4) is 0 Å². The molecule has 3 amide bonds. The van der Waals surface area contributed by atoms with Crippen LogP contribution in [0, 0.1) is 0 Å². The van der Waals surface area contributed by atoms with Gasteiger partial charge < -0.3 is 10.6 Å². The highest BCUT2D eigenvalue weighted by Crippen LogP contribution is 2.27. The number of anilines is 1. The number of benzene rings is 2. The van der Waals surface area contributed by atoms with E-state index >= 15 is 0 Å². The second kappa shape index (κ2) is 9.76. The van der Waals surface area contributed by atoms with Gasteiger partial charge in [-0.1, -0.05) is 42.1 Å². The third kappa shape index (κ3) is 6.03. The van der Waals surface area contributed by atoms with E-state index in [0.717, 1.165) is 0 Å². The summed E-state index contributed by atoms with van der Waals surface area (Å²) in [5.41, 5.74) is 1.24. The van der Waals surface area contributed by atoms with Crippen molar-refractivity contribution in [2.75, 3.05) is 11.9 Å². The summed E-state index contributed by atoms with van der Waals surface area (Å²) in [5, 5.41) is 7.82. The molecule has 0 aliphatic rings. The van der Waals surface area contributed by atoms with Crippen molar-refractivity contribution in [1.82, 2.24) is 10.6 Å². The lowest BCUT2D eigenvalue weighted by Gasteiger charge is -2.20. The van der Waals surface area contributed by atoms with Crippen LogP contribution in [-0.4, -0.2) is 24.2 Å². The fourth-order valence-electron chi connectivity index (χ4n) is 2.23. The molecule has 2 rings (SSSR count). The summed E-state index contributed by atoms with van der Waals surface area (Å²) < 4.78 is 24.8. The van der Waals surface area contributed by atoms with Gasteiger partial charge in [0.25, 0.3) is 11.7 Å². The monoisotopic (exact) mass is 379 g/mol. The van der Waals surface area contributed by atoms with Gasteiger partial charge in [0.05, 0.1) is 0 Å². The maximum atomic E-state index is 12.5. The van der Waals surface area contributed by atoms with E-state index in [1.165, 1.54) is 0 Å². The molecule has 0 bridgehead atoms. The Labute approximate surface area is 154 Å². The molecular weight excluding hydrogens is 360 g/mol. The van der Waals surface area contributed by atoms with Gasteiger partial charge >= 0.3 is 6.03 Å². The van der Waals surface area contributed by atoms with Crippen LogP contribution in [0.5, 0.6) is 0 Å². The molecule has 0 unspecified atom stereocenters. The number of carbonyl (C=O) groups is 2. The Morgan fingerprint density at radius 2 is 1.69 bits per heavy atom. The van der Waals surface area contributed by atoms with E-state index in [2.05, 4.69) is 16.0 Å². The molecule has 138 valence electrons. The van der Waals surface area contributed by atoms with Crippen LogP contribution in [0.25, 0.3) is 0 Å². The Balaban J connectivity index is 2.16. The molecule has 0 fully saturated rings. The van der Waals surface area contributed by atoms with E-state index < -0.39 is 23.7 Å². The van der Waals surface area contributed by atoms with Crippen LogP contribution in [0.15, 0.2) is 59.5 Å². The lowest BCUT2D eigenvalue weighted by Crippen LogP contribution is -2.43. The van der Waals surface area contributed by atoms with Gasteiger partial charge in [0.1, 0.15) is 6.04 Å². The smallest absolute Gasteiger partial charge is 0.321 e. The minimum atomic E-state index is -2.49. The van der Waals surface area contributed by atoms with Crippen molar-refractivity contribution in [2.24, 2.45) is 0 Å². The maximum Gasteiger partial charge on any atom is 0.321 e. The second-order valence-electron chi connectivity index (χ2n) is 5.24. The maximum absolute atomic E-state index is 12.5. The summed E-state index contributed by atoms with van der Waals surface area (Å²) in [7, 11) is 0. The standard InChI is InChI=1S/C18H19F2N3O2S/c1-2-21-18(25)23-16(24)15(12-6-4-3-5-7-12)22-13-8-10-14(11-9-13)26-17(19)20/h3-11,15,17,22H,2H2,1H3,(H2,21,23,24,25)/t15-/m1/s1. The number of imide groups is 1. The van der Waals surface area contributed by atoms with Crippen molar-refractivity contribution in [3.63, 3.8) is 0 Å². The number of nitrogens with one attached hydrogen (secondary N) is 3. The average molecular weight is 379 g/mol. The molecule has 2 aromatic carbocycles. The van der Waals surface area contributed by atoms with Crippen molar-refractivity contribution >= 4 is 29.4 Å². The number of thioether (sulfide) groups is 1. The lowest BCUT2D eigenvalue weighted by atomic mass is 10.1. The van der Waals surface area contributed by atoms with Gasteiger partial charge in [-0.15, -0.1) is 0 Å². The van der Waals surface area contributed by atoms with E-state index in [-0.39, 0.29) is 0 Å². The van der Waals surface area contributed by atoms with Crippen LogP contribution in [-0.2, 0) is 4.79 Å². The highest BCUT2D eigenvalue weighted by atomic mass is 32.2. The van der Waals surface area contributed by atoms with E-state index in [0.29, 0.717) is 34.5 Å². The van der Waals surface area contributed by atoms with Gasteiger partial charge in [0.2, 0.25) is 0 Å². The number of amides is 3. The third-order valence-corrected chi connectivity index (χ3v) is 4.08. The van der Waals surface area contributed by atoms with Crippen molar-refractivity contribution in [3.8, 4) is 0 Å². The molecule has 2 aromatic rings. The van der Waals surface area contributed by atoms with Gasteiger partial charge in [-0.05, 0) is 36.8 Å². The summed E-state index contributed by atoms with van der Waals surface area (Å²) in [6.45, 7) is 2.14. The first kappa shape index (κ1) is 19.7. The molecule has 1 atom stereocenters. The summed E-state index contributed by atoms with van der Waals surface area (Å²) in [6, 6.07) is 13.8. The SMILES string of the molecule is CCNC(=O)NC(=O)[C@H](Nc1ccc(SC(F)F)cc1)c1ccccc1. The number of hydrogen-bond donors (Lipinski definition) is 3. The quantitative estimate of drug-likeness (QED) is 0.636. The Kier molecular flexibility index (Phi) is 7.40. The summed E-state index contributed by atoms with van der Waals surface area (Å²) in [6.07, 6.45) is 0. The zero-order valence-corrected chi connectivity index (χ0v) is 14.9. The summed E-state index contributed by atoms with van der Waals surface area (Å²) in [4.78, 5) is 24.6. The molecular formula is C18H19F2N3O2S. The van der Waals surface area contributed by atoms with Gasteiger partial charge in [0.15, 0.2) is 0 Å². The fraction of sp³-hybridized carbons (Fsp3) is 0.222. The highest BCUT2D eigenvalue weighted by Gasteiger charge is 2.22. The molecule has 0 spiro atoms. The molecule has 0 aliphatic carbocycles. The number of carbonyl (C=O) groups excluding carboxylic acids is 2. The molecule has 0 saturated heterocycles. The molecule has 8 heteroatoms. The molecule has 0 aliphatic heterocycles. The molecule has 26 heavy (non-hydrogen) atoms. The highest BCUT2D eigenvalue weighted by molar-refractivity contribution is 7.99. The second-order valence-corrected chi connectivity index (χ2v) is 6.30. The van der Waals surface area contributed by atoms with Gasteiger partial charge in [-0.3, -0.25) is 10.1 Å². The first-order valence-electron chi connectivity index (χ1n) is 7.94. The minimum Gasteiger partial charge on any atom is -0.370 e. The molecule has 0 saturated carbocycles. The van der Waals surface area contributed by atoms with Gasteiger partial charge in [-0.2, -0.15) is 8.78 Å². The van der Waals surface area contributed by atoms with E-state index in [1.807, 2.05) is 6.07 Å². The Morgan fingerprint density at radius 3 is 2.27 bits per heavy atom. The zero-order chi connectivity index (χ0) is 18.9. The topological polar surface area (TPSA) is 70.2 Å². The Morgan fingerprint density at radius 1 is 1.04 bits per heavy atom. The van der Waals surface area contributed by atoms with Crippen LogP contribution in [0.2, 0.25) is 0 Å². The third-order valence-electron chi connectivity index (χ3n) is 3.36. The summed E-state index contributed by atoms with van der Waals surface area (Å²) >= 11 is 0.449. The number of halogens is 2. The molecule has 0 aromatic heterocycles. The largest absolute Gasteiger partial charge is 0.370 e. The van der Waals surface area contributed by atoms with Crippen molar-refractivity contribution in [3.05, 3.63) is 60.2 Å². The van der Waals surface area contributed by atoms with Crippen LogP contribution >= 0.6 is 11.8 Å². The normalized spacial score (nSPS) is 11.7. The van der Waals surface area contributed by atoms with Crippen molar-refractivity contribution in [2.45, 2.75) is 23.6 Å². The van der Waals surface area contributed by atoms with Crippen LogP contribution < -0.4 is 16.0 Å². The van der Waals surface area contributed by atoms with Crippen molar-refractivity contribution < 1.29 is 18.4 Å². The molecule has 3 N–H and O–H groups in total. The van der Waals surface area contributed by atoms with Crippen molar-refractivity contribution in [1.29, 1.82) is 0 Å². The lowest BCUT2D eigenvalue weighted by molar-refractivity contribution is -0.120. The van der Waals surface area contributed by atoms with E-state index in [9.17, 15) is 18.4 Å². The predicted octanol–water partition coefficient (Wildman–Crippen LogP) is 4.00. The number of urea groups is 1.